The molecule has 6 heteroatoms. The van der Waals surface area contributed by atoms with Crippen molar-refractivity contribution in [1.29, 1.82) is 0 Å². The highest BCUT2D eigenvalue weighted by molar-refractivity contribution is 5.93. The summed E-state index contributed by atoms with van der Waals surface area (Å²) in [6.07, 6.45) is 5.74. The molecular formula is C25H29N3O3. The van der Waals surface area contributed by atoms with Crippen LogP contribution in [0, 0.1) is 19.3 Å². The molecule has 1 saturated heterocycles. The Balaban J connectivity index is 1.63. The fourth-order valence-electron chi connectivity index (χ4n) is 4.51. The van der Waals surface area contributed by atoms with Gasteiger partial charge >= 0.3 is 5.97 Å². The average Bonchev–Trinajstić information content (AvgIpc) is 3.18. The highest BCUT2D eigenvalue weighted by atomic mass is 16.5. The molecule has 1 fully saturated rings. The van der Waals surface area contributed by atoms with Crippen LogP contribution in [0.5, 0.6) is 0 Å². The molecule has 1 amide bonds. The smallest absolute Gasteiger partial charge is 0.314 e. The van der Waals surface area contributed by atoms with E-state index in [1.165, 1.54) is 0 Å². The Labute approximate surface area is 182 Å². The molecule has 2 aromatic heterocycles. The summed E-state index contributed by atoms with van der Waals surface area (Å²) in [5, 5.41) is 0. The number of imidazole rings is 1. The molecule has 3 aromatic rings. The van der Waals surface area contributed by atoms with Gasteiger partial charge in [-0.15, -0.1) is 0 Å². The number of amides is 1. The first-order valence-electron chi connectivity index (χ1n) is 10.9. The number of aromatic nitrogens is 2. The number of hydrogen-bond donors (Lipinski definition) is 0. The first-order valence-corrected chi connectivity index (χ1v) is 10.9. The molecule has 1 atom stereocenters. The number of piperidine rings is 1. The van der Waals surface area contributed by atoms with Crippen molar-refractivity contribution < 1.29 is 14.3 Å². The monoisotopic (exact) mass is 419 g/mol. The Bertz CT molecular complexity index is 1120. The van der Waals surface area contributed by atoms with E-state index in [9.17, 15) is 9.59 Å². The number of nitrogens with zero attached hydrogens (tertiary/aromatic N) is 3. The summed E-state index contributed by atoms with van der Waals surface area (Å²) in [5.74, 6) is -0.360. The molecule has 162 valence electrons. The number of rotatable bonds is 5. The fraction of sp³-hybridized carbons (Fsp3) is 0.400. The summed E-state index contributed by atoms with van der Waals surface area (Å²) >= 11 is 0. The highest BCUT2D eigenvalue weighted by Gasteiger charge is 2.45. The first kappa shape index (κ1) is 21.1. The number of pyridine rings is 1. The van der Waals surface area contributed by atoms with Crippen LogP contribution in [-0.2, 0) is 16.0 Å². The van der Waals surface area contributed by atoms with E-state index < -0.39 is 5.41 Å². The van der Waals surface area contributed by atoms with Gasteiger partial charge in [-0.2, -0.15) is 0 Å². The van der Waals surface area contributed by atoms with Gasteiger partial charge in [-0.3, -0.25) is 9.59 Å². The van der Waals surface area contributed by atoms with Gasteiger partial charge in [0.2, 0.25) is 0 Å². The molecule has 1 aliphatic rings. The summed E-state index contributed by atoms with van der Waals surface area (Å²) in [6, 6.07) is 12.0. The van der Waals surface area contributed by atoms with Crippen LogP contribution in [0.1, 0.15) is 46.9 Å². The van der Waals surface area contributed by atoms with Crippen LogP contribution >= 0.6 is 0 Å². The van der Waals surface area contributed by atoms with Gasteiger partial charge in [0.15, 0.2) is 0 Å². The van der Waals surface area contributed by atoms with Crippen LogP contribution in [0.4, 0.5) is 0 Å². The van der Waals surface area contributed by atoms with Gasteiger partial charge in [-0.25, -0.2) is 4.98 Å². The number of ether oxygens (including phenoxy) is 1. The summed E-state index contributed by atoms with van der Waals surface area (Å²) in [6.45, 7) is 7.16. The Morgan fingerprint density at radius 1 is 1.13 bits per heavy atom. The second-order valence-electron chi connectivity index (χ2n) is 8.53. The Morgan fingerprint density at radius 2 is 1.94 bits per heavy atom. The molecule has 0 unspecified atom stereocenters. The number of benzene rings is 1. The lowest BCUT2D eigenvalue weighted by molar-refractivity contribution is -0.158. The minimum atomic E-state index is -0.744. The summed E-state index contributed by atoms with van der Waals surface area (Å²) < 4.78 is 7.37. The maximum atomic E-state index is 13.3. The Hall–Kier alpha value is -3.15. The molecule has 0 bridgehead atoms. The number of fused-ring (bicyclic) bond motifs is 1. The standard InChI is InChI=1S/C25H29N3O3/c1-4-31-24(30)25(14-20-9-6-5-8-19(20)3)12-7-13-27(17-25)23(29)21-16-28-15-18(2)10-11-22(28)26-21/h5-6,8-11,15-16H,4,7,12-14,17H2,1-3H3/t25-/m0/s1. The second kappa shape index (κ2) is 8.53. The Morgan fingerprint density at radius 3 is 2.71 bits per heavy atom. The van der Waals surface area contributed by atoms with Crippen LogP contribution in [0.25, 0.3) is 5.65 Å². The van der Waals surface area contributed by atoms with Gasteiger partial charge in [-0.1, -0.05) is 30.3 Å². The molecular weight excluding hydrogens is 390 g/mol. The van der Waals surface area contributed by atoms with E-state index in [1.54, 1.807) is 11.1 Å². The zero-order valence-corrected chi connectivity index (χ0v) is 18.4. The predicted molar refractivity (Wildman–Crippen MR) is 119 cm³/mol. The molecule has 6 nitrogen and oxygen atoms in total. The van der Waals surface area contributed by atoms with Gasteiger partial charge in [0.05, 0.1) is 12.0 Å². The second-order valence-corrected chi connectivity index (χ2v) is 8.53. The third kappa shape index (κ3) is 4.20. The number of esters is 1. The largest absolute Gasteiger partial charge is 0.466 e. The number of hydrogen-bond acceptors (Lipinski definition) is 4. The molecule has 0 N–H and O–H groups in total. The van der Waals surface area contributed by atoms with Crippen LogP contribution in [0.3, 0.4) is 0 Å². The van der Waals surface area contributed by atoms with Gasteiger partial charge in [0, 0.05) is 25.5 Å². The number of aryl methyl sites for hydroxylation is 2. The van der Waals surface area contributed by atoms with Gasteiger partial charge < -0.3 is 14.0 Å². The molecule has 1 aliphatic heterocycles. The van der Waals surface area contributed by atoms with Crippen molar-refractivity contribution in [2.45, 2.75) is 40.0 Å². The summed E-state index contributed by atoms with van der Waals surface area (Å²) in [5.41, 5.74) is 3.76. The molecule has 0 radical (unpaired) electrons. The van der Waals surface area contributed by atoms with Crippen molar-refractivity contribution in [2.75, 3.05) is 19.7 Å². The molecule has 0 spiro atoms. The SMILES string of the molecule is CCOC(=O)[C@]1(Cc2ccccc2C)CCCN(C(=O)c2cn3cc(C)ccc3n2)C1. The maximum Gasteiger partial charge on any atom is 0.314 e. The van der Waals surface area contributed by atoms with Crippen LogP contribution < -0.4 is 0 Å². The van der Waals surface area contributed by atoms with E-state index in [0.717, 1.165) is 28.8 Å². The summed E-state index contributed by atoms with van der Waals surface area (Å²) in [7, 11) is 0. The molecule has 0 saturated carbocycles. The predicted octanol–water partition coefficient (Wildman–Crippen LogP) is 3.98. The Kier molecular flexibility index (Phi) is 5.81. The average molecular weight is 420 g/mol. The lowest BCUT2D eigenvalue weighted by Gasteiger charge is -2.41. The van der Waals surface area contributed by atoms with Gasteiger partial charge in [0.1, 0.15) is 11.3 Å². The van der Waals surface area contributed by atoms with E-state index in [4.69, 9.17) is 4.74 Å². The van der Waals surface area contributed by atoms with E-state index in [2.05, 4.69) is 24.0 Å². The van der Waals surface area contributed by atoms with E-state index >= 15 is 0 Å². The van der Waals surface area contributed by atoms with Crippen molar-refractivity contribution in [1.82, 2.24) is 14.3 Å². The molecule has 1 aromatic carbocycles. The summed E-state index contributed by atoms with van der Waals surface area (Å²) in [4.78, 5) is 32.8. The number of carbonyl (C=O) groups excluding carboxylic acids is 2. The van der Waals surface area contributed by atoms with E-state index in [-0.39, 0.29) is 11.9 Å². The zero-order chi connectivity index (χ0) is 22.0. The van der Waals surface area contributed by atoms with Gasteiger partial charge in [0.25, 0.3) is 5.91 Å². The van der Waals surface area contributed by atoms with E-state index in [0.29, 0.717) is 38.2 Å². The minimum absolute atomic E-state index is 0.139. The van der Waals surface area contributed by atoms with Crippen LogP contribution in [0.15, 0.2) is 48.8 Å². The zero-order valence-electron chi connectivity index (χ0n) is 18.4. The lowest BCUT2D eigenvalue weighted by Crippen LogP contribution is -2.51. The van der Waals surface area contributed by atoms with Crippen LogP contribution in [0.2, 0.25) is 0 Å². The number of carbonyl (C=O) groups is 2. The molecule has 3 heterocycles. The maximum absolute atomic E-state index is 13.3. The topological polar surface area (TPSA) is 63.9 Å². The van der Waals surface area contributed by atoms with Crippen LogP contribution in [-0.4, -0.2) is 45.9 Å². The normalized spacial score (nSPS) is 18.9. The van der Waals surface area contributed by atoms with Gasteiger partial charge in [-0.05, 0) is 62.8 Å². The van der Waals surface area contributed by atoms with Crippen molar-refractivity contribution >= 4 is 17.5 Å². The quantitative estimate of drug-likeness (QED) is 0.587. The third-order valence-electron chi connectivity index (χ3n) is 6.18. The number of likely N-dealkylation sites (tertiary alicyclic amines) is 1. The van der Waals surface area contributed by atoms with Crippen molar-refractivity contribution in [2.24, 2.45) is 5.41 Å². The highest BCUT2D eigenvalue weighted by Crippen LogP contribution is 2.36. The minimum Gasteiger partial charge on any atom is -0.466 e. The lowest BCUT2D eigenvalue weighted by atomic mass is 9.74. The first-order chi connectivity index (χ1) is 14.9. The molecule has 31 heavy (non-hydrogen) atoms. The van der Waals surface area contributed by atoms with Crippen molar-refractivity contribution in [3.63, 3.8) is 0 Å². The fourth-order valence-corrected chi connectivity index (χ4v) is 4.51. The third-order valence-corrected chi connectivity index (χ3v) is 6.18. The molecule has 4 rings (SSSR count). The van der Waals surface area contributed by atoms with E-state index in [1.807, 2.05) is 48.7 Å². The molecule has 0 aliphatic carbocycles. The van der Waals surface area contributed by atoms with Crippen molar-refractivity contribution in [3.05, 3.63) is 71.2 Å². The van der Waals surface area contributed by atoms with Crippen molar-refractivity contribution in [3.8, 4) is 0 Å².